The monoisotopic (exact) mass is 294 g/mol. The summed E-state index contributed by atoms with van der Waals surface area (Å²) in [6.45, 7) is 9.14. The minimum absolute atomic E-state index is 0.281. The third-order valence-corrected chi connectivity index (χ3v) is 4.99. The highest BCUT2D eigenvalue weighted by molar-refractivity contribution is 5.76. The van der Waals surface area contributed by atoms with Crippen molar-refractivity contribution in [3.8, 4) is 0 Å². The first kappa shape index (κ1) is 16.8. The van der Waals surface area contributed by atoms with Gasteiger partial charge in [-0.15, -0.1) is 0 Å². The van der Waals surface area contributed by atoms with Crippen LogP contribution in [-0.2, 0) is 4.79 Å². The average Bonchev–Trinajstić information content (AvgIpc) is 2.40. The first-order valence-electron chi connectivity index (χ1n) is 8.92. The predicted octanol–water partition coefficient (Wildman–Crippen LogP) is 3.49. The van der Waals surface area contributed by atoms with E-state index in [1.807, 2.05) is 0 Å². The van der Waals surface area contributed by atoms with Crippen molar-refractivity contribution in [2.24, 2.45) is 17.3 Å². The summed E-state index contributed by atoms with van der Waals surface area (Å²) in [5, 5.41) is 6.67. The lowest BCUT2D eigenvalue weighted by atomic mass is 9.76. The minimum Gasteiger partial charge on any atom is -0.353 e. The van der Waals surface area contributed by atoms with E-state index < -0.39 is 0 Å². The molecule has 2 fully saturated rings. The number of nitrogens with one attached hydrogen (secondary N) is 2. The Labute approximate surface area is 130 Å². The van der Waals surface area contributed by atoms with Gasteiger partial charge in [0.1, 0.15) is 0 Å². The molecule has 1 aliphatic heterocycles. The highest BCUT2D eigenvalue weighted by Gasteiger charge is 2.26. The highest BCUT2D eigenvalue weighted by atomic mass is 16.1. The molecule has 2 rings (SSSR count). The van der Waals surface area contributed by atoms with Crippen molar-refractivity contribution in [1.29, 1.82) is 0 Å². The lowest BCUT2D eigenvalue weighted by Crippen LogP contribution is -2.40. The first-order chi connectivity index (χ1) is 9.92. The molecule has 0 aromatic rings. The van der Waals surface area contributed by atoms with Gasteiger partial charge >= 0.3 is 0 Å². The summed E-state index contributed by atoms with van der Waals surface area (Å²) >= 11 is 0. The van der Waals surface area contributed by atoms with E-state index in [9.17, 15) is 4.79 Å². The smallest absolute Gasteiger partial charge is 0.220 e. The van der Waals surface area contributed by atoms with Crippen LogP contribution in [0.15, 0.2) is 0 Å². The summed E-state index contributed by atoms with van der Waals surface area (Å²) in [4.78, 5) is 12.2. The van der Waals surface area contributed by atoms with Crippen LogP contribution in [0.5, 0.6) is 0 Å². The van der Waals surface area contributed by atoms with Crippen molar-refractivity contribution in [1.82, 2.24) is 10.6 Å². The summed E-state index contributed by atoms with van der Waals surface area (Å²) in [5.74, 6) is 1.69. The summed E-state index contributed by atoms with van der Waals surface area (Å²) in [6, 6.07) is 0.435. The number of carbonyl (C=O) groups excluding carboxylic acids is 1. The fraction of sp³-hybridized carbons (Fsp3) is 0.944. The quantitative estimate of drug-likeness (QED) is 0.833. The van der Waals surface area contributed by atoms with E-state index in [2.05, 4.69) is 31.4 Å². The van der Waals surface area contributed by atoms with Crippen molar-refractivity contribution in [2.75, 3.05) is 13.1 Å². The number of amides is 1. The van der Waals surface area contributed by atoms with Crippen LogP contribution in [0.2, 0.25) is 0 Å². The molecule has 0 radical (unpaired) electrons. The molecule has 3 heteroatoms. The van der Waals surface area contributed by atoms with Crippen molar-refractivity contribution in [3.05, 3.63) is 0 Å². The van der Waals surface area contributed by atoms with Crippen LogP contribution in [-0.4, -0.2) is 25.0 Å². The van der Waals surface area contributed by atoms with Gasteiger partial charge in [0.15, 0.2) is 0 Å². The second kappa shape index (κ2) is 7.62. The topological polar surface area (TPSA) is 41.1 Å². The molecular weight excluding hydrogens is 260 g/mol. The lowest BCUT2D eigenvalue weighted by Gasteiger charge is -2.33. The van der Waals surface area contributed by atoms with Crippen molar-refractivity contribution < 1.29 is 4.79 Å². The standard InChI is InChI=1S/C18H34N2O/c1-18(2,3)12-14-6-8-16(9-7-14)20-17(21)11-15-5-4-10-19-13-15/h14-16,19H,4-13H2,1-3H3,(H,20,21)/t14-,15?,16-. The normalized spacial score (nSPS) is 30.9. The third kappa shape index (κ3) is 6.37. The molecule has 1 unspecified atom stereocenters. The van der Waals surface area contributed by atoms with E-state index in [1.54, 1.807) is 0 Å². The summed E-state index contributed by atoms with van der Waals surface area (Å²) in [7, 11) is 0. The van der Waals surface area contributed by atoms with E-state index in [4.69, 9.17) is 0 Å². The van der Waals surface area contributed by atoms with E-state index in [1.165, 1.54) is 44.9 Å². The Kier molecular flexibility index (Phi) is 6.09. The lowest BCUT2D eigenvalue weighted by molar-refractivity contribution is -0.123. The fourth-order valence-corrected chi connectivity index (χ4v) is 4.02. The van der Waals surface area contributed by atoms with Crippen molar-refractivity contribution in [3.63, 3.8) is 0 Å². The predicted molar refractivity (Wildman–Crippen MR) is 88.2 cm³/mol. The largest absolute Gasteiger partial charge is 0.353 e. The van der Waals surface area contributed by atoms with Crippen LogP contribution in [0.1, 0.15) is 72.1 Å². The molecule has 1 saturated carbocycles. The number of piperidine rings is 1. The van der Waals surface area contributed by atoms with Gasteiger partial charge < -0.3 is 10.6 Å². The van der Waals surface area contributed by atoms with Gasteiger partial charge in [-0.2, -0.15) is 0 Å². The maximum atomic E-state index is 12.2. The van der Waals surface area contributed by atoms with Gasteiger partial charge in [-0.3, -0.25) is 4.79 Å². The Morgan fingerprint density at radius 1 is 1.10 bits per heavy atom. The minimum atomic E-state index is 0.281. The van der Waals surface area contributed by atoms with Gasteiger partial charge in [0.25, 0.3) is 0 Å². The van der Waals surface area contributed by atoms with Crippen molar-refractivity contribution >= 4 is 5.91 Å². The van der Waals surface area contributed by atoms with E-state index in [-0.39, 0.29) is 5.91 Å². The molecule has 1 amide bonds. The number of hydrogen-bond donors (Lipinski definition) is 2. The molecular formula is C18H34N2O. The highest BCUT2D eigenvalue weighted by Crippen LogP contribution is 2.34. The molecule has 2 N–H and O–H groups in total. The fourth-order valence-electron chi connectivity index (χ4n) is 4.02. The second-order valence-electron chi connectivity index (χ2n) is 8.47. The Hall–Kier alpha value is -0.570. The van der Waals surface area contributed by atoms with Gasteiger partial charge in [0, 0.05) is 12.5 Å². The molecule has 1 aliphatic carbocycles. The zero-order valence-corrected chi connectivity index (χ0v) is 14.2. The molecule has 1 atom stereocenters. The SMILES string of the molecule is CC(C)(C)C[C@H]1CC[C@H](NC(=O)CC2CCCNC2)CC1. The second-order valence-corrected chi connectivity index (χ2v) is 8.47. The maximum absolute atomic E-state index is 12.2. The van der Waals surface area contributed by atoms with E-state index in [0.29, 0.717) is 17.4 Å². The Morgan fingerprint density at radius 3 is 2.38 bits per heavy atom. The zero-order valence-electron chi connectivity index (χ0n) is 14.2. The summed E-state index contributed by atoms with van der Waals surface area (Å²) in [5.41, 5.74) is 0.439. The maximum Gasteiger partial charge on any atom is 0.220 e. The van der Waals surface area contributed by atoms with Gasteiger partial charge in [0.05, 0.1) is 0 Å². The Morgan fingerprint density at radius 2 is 1.81 bits per heavy atom. The molecule has 21 heavy (non-hydrogen) atoms. The molecule has 1 heterocycles. The number of carbonyl (C=O) groups is 1. The van der Waals surface area contributed by atoms with Crippen LogP contribution in [0, 0.1) is 17.3 Å². The van der Waals surface area contributed by atoms with Crippen LogP contribution in [0.25, 0.3) is 0 Å². The van der Waals surface area contributed by atoms with Gasteiger partial charge in [-0.25, -0.2) is 0 Å². The zero-order chi connectivity index (χ0) is 15.3. The molecule has 1 saturated heterocycles. The van der Waals surface area contributed by atoms with Crippen molar-refractivity contribution in [2.45, 2.75) is 78.2 Å². The molecule has 2 aliphatic rings. The summed E-state index contributed by atoms with van der Waals surface area (Å²) in [6.07, 6.45) is 9.39. The van der Waals surface area contributed by atoms with Crippen LogP contribution in [0.3, 0.4) is 0 Å². The van der Waals surface area contributed by atoms with Gasteiger partial charge in [-0.05, 0) is 75.3 Å². The van der Waals surface area contributed by atoms with Crippen LogP contribution >= 0.6 is 0 Å². The molecule has 0 bridgehead atoms. The average molecular weight is 294 g/mol. The number of hydrogen-bond acceptors (Lipinski definition) is 2. The first-order valence-corrected chi connectivity index (χ1v) is 8.92. The molecule has 0 spiro atoms. The van der Waals surface area contributed by atoms with Gasteiger partial charge in [-0.1, -0.05) is 20.8 Å². The van der Waals surface area contributed by atoms with Gasteiger partial charge in [0.2, 0.25) is 5.91 Å². The molecule has 3 nitrogen and oxygen atoms in total. The molecule has 0 aromatic carbocycles. The number of rotatable bonds is 4. The van der Waals surface area contributed by atoms with E-state index >= 15 is 0 Å². The van der Waals surface area contributed by atoms with Crippen LogP contribution in [0.4, 0.5) is 0 Å². The van der Waals surface area contributed by atoms with E-state index in [0.717, 1.165) is 25.4 Å². The van der Waals surface area contributed by atoms with Crippen LogP contribution < -0.4 is 10.6 Å². The molecule has 122 valence electrons. The Bertz CT molecular complexity index is 321. The molecule has 0 aromatic heterocycles. The Balaban J connectivity index is 1.64. The summed E-state index contributed by atoms with van der Waals surface area (Å²) < 4.78 is 0. The third-order valence-electron chi connectivity index (χ3n) is 4.99.